The van der Waals surface area contributed by atoms with Crippen LogP contribution < -0.4 is 4.90 Å². The number of nitrogens with zero attached hydrogens (tertiary/aromatic N) is 1. The highest BCUT2D eigenvalue weighted by atomic mass is 16.3. The fourth-order valence-corrected chi connectivity index (χ4v) is 7.77. The van der Waals surface area contributed by atoms with Crippen molar-refractivity contribution in [1.29, 1.82) is 0 Å². The molecule has 50 heavy (non-hydrogen) atoms. The number of rotatable bonds is 5. The third-order valence-corrected chi connectivity index (χ3v) is 10.0. The first kappa shape index (κ1) is 28.4. The van der Waals surface area contributed by atoms with Crippen LogP contribution in [0.5, 0.6) is 0 Å². The van der Waals surface area contributed by atoms with E-state index in [0.29, 0.717) is 0 Å². The molecule has 0 spiro atoms. The van der Waals surface area contributed by atoms with Crippen LogP contribution in [0.4, 0.5) is 17.1 Å². The smallest absolute Gasteiger partial charge is 0.136 e. The summed E-state index contributed by atoms with van der Waals surface area (Å²) >= 11 is 0. The van der Waals surface area contributed by atoms with Crippen molar-refractivity contribution >= 4 is 71.3 Å². The van der Waals surface area contributed by atoms with Crippen molar-refractivity contribution in [2.45, 2.75) is 0 Å². The SMILES string of the molecule is c1ccc(-c2ccc(N(c3ccc(-c4ccccc4)cc3)c3cccc4c5ccccc5c5c(ccc6oc7ccccc7c65)c34)cc2)cc1. The monoisotopic (exact) mass is 637 g/mol. The van der Waals surface area contributed by atoms with Crippen LogP contribution in [0, 0.1) is 0 Å². The molecule has 0 N–H and O–H groups in total. The summed E-state index contributed by atoms with van der Waals surface area (Å²) in [5, 5.41) is 9.64. The van der Waals surface area contributed by atoms with Gasteiger partial charge in [0, 0.05) is 32.9 Å². The Hall–Kier alpha value is -6.64. The minimum Gasteiger partial charge on any atom is -0.456 e. The number of para-hydroxylation sites is 1. The fourth-order valence-electron chi connectivity index (χ4n) is 7.77. The average Bonchev–Trinajstić information content (AvgIpc) is 3.58. The first-order valence-electron chi connectivity index (χ1n) is 17.1. The second-order valence-corrected chi connectivity index (χ2v) is 12.9. The van der Waals surface area contributed by atoms with Crippen molar-refractivity contribution in [3.05, 3.63) is 188 Å². The Morgan fingerprint density at radius 3 is 1.42 bits per heavy atom. The third-order valence-electron chi connectivity index (χ3n) is 10.0. The standard InChI is InChI=1S/C48H31NO/c1-3-12-32(13-4-1)34-22-26-36(27-23-34)49(37-28-24-35(25-29-37)33-14-5-2-6-15-33)43-20-11-19-39-38-16-7-8-17-40(38)47-42(46(39)43)30-31-45-48(47)41-18-9-10-21-44(41)50-45/h1-31H. The second-order valence-electron chi connectivity index (χ2n) is 12.9. The van der Waals surface area contributed by atoms with E-state index in [0.717, 1.165) is 39.0 Å². The van der Waals surface area contributed by atoms with Crippen LogP contribution >= 0.6 is 0 Å². The lowest BCUT2D eigenvalue weighted by atomic mass is 9.90. The molecule has 0 fully saturated rings. The Bertz CT molecular complexity index is 2750. The molecule has 0 aliphatic rings. The molecular weight excluding hydrogens is 607 g/mol. The van der Waals surface area contributed by atoms with Gasteiger partial charge in [-0.05, 0) is 92.3 Å². The van der Waals surface area contributed by atoms with Gasteiger partial charge >= 0.3 is 0 Å². The quantitative estimate of drug-likeness (QED) is 0.175. The fraction of sp³-hybridized carbons (Fsp3) is 0. The number of fused-ring (bicyclic) bond motifs is 10. The van der Waals surface area contributed by atoms with Gasteiger partial charge in [-0.3, -0.25) is 0 Å². The van der Waals surface area contributed by atoms with Crippen LogP contribution in [0.15, 0.2) is 192 Å². The Balaban J connectivity index is 1.27. The van der Waals surface area contributed by atoms with Crippen molar-refractivity contribution in [3.8, 4) is 22.3 Å². The zero-order valence-electron chi connectivity index (χ0n) is 27.3. The Morgan fingerprint density at radius 2 is 0.780 bits per heavy atom. The molecule has 2 heteroatoms. The molecule has 10 aromatic rings. The highest BCUT2D eigenvalue weighted by Gasteiger charge is 2.21. The van der Waals surface area contributed by atoms with E-state index in [9.17, 15) is 0 Å². The zero-order chi connectivity index (χ0) is 33.0. The summed E-state index contributed by atoms with van der Waals surface area (Å²) in [6.07, 6.45) is 0. The Labute approximate surface area is 290 Å². The van der Waals surface area contributed by atoms with Gasteiger partial charge in [0.2, 0.25) is 0 Å². The second kappa shape index (κ2) is 11.5. The van der Waals surface area contributed by atoms with Crippen LogP contribution in [0.25, 0.3) is 76.5 Å². The molecule has 0 radical (unpaired) electrons. The Morgan fingerprint density at radius 1 is 0.280 bits per heavy atom. The molecule has 1 aromatic heterocycles. The van der Waals surface area contributed by atoms with Crippen LogP contribution in [-0.4, -0.2) is 0 Å². The van der Waals surface area contributed by atoms with Crippen molar-refractivity contribution in [2.75, 3.05) is 4.90 Å². The summed E-state index contributed by atoms with van der Waals surface area (Å²) in [5.41, 5.74) is 9.94. The zero-order valence-corrected chi connectivity index (χ0v) is 27.3. The molecule has 10 rings (SSSR count). The molecule has 0 unspecified atom stereocenters. The molecule has 0 aliphatic carbocycles. The normalized spacial score (nSPS) is 11.6. The molecule has 0 amide bonds. The summed E-state index contributed by atoms with van der Waals surface area (Å²) in [6, 6.07) is 67.4. The molecule has 0 atom stereocenters. The molecule has 0 saturated carbocycles. The summed E-state index contributed by atoms with van der Waals surface area (Å²) in [5.74, 6) is 0. The summed E-state index contributed by atoms with van der Waals surface area (Å²) < 4.78 is 6.42. The van der Waals surface area contributed by atoms with E-state index in [4.69, 9.17) is 4.42 Å². The van der Waals surface area contributed by atoms with Crippen LogP contribution in [0.3, 0.4) is 0 Å². The van der Waals surface area contributed by atoms with Crippen LogP contribution in [0.1, 0.15) is 0 Å². The van der Waals surface area contributed by atoms with Gasteiger partial charge in [0.1, 0.15) is 11.2 Å². The van der Waals surface area contributed by atoms with E-state index in [1.165, 1.54) is 54.6 Å². The third kappa shape index (κ3) is 4.50. The molecule has 234 valence electrons. The average molecular weight is 638 g/mol. The van der Waals surface area contributed by atoms with Crippen LogP contribution in [0.2, 0.25) is 0 Å². The summed E-state index contributed by atoms with van der Waals surface area (Å²) in [4.78, 5) is 2.41. The van der Waals surface area contributed by atoms with Crippen molar-refractivity contribution in [1.82, 2.24) is 0 Å². The molecular formula is C48H31NO. The van der Waals surface area contributed by atoms with E-state index >= 15 is 0 Å². The van der Waals surface area contributed by atoms with E-state index in [1.54, 1.807) is 0 Å². The van der Waals surface area contributed by atoms with E-state index in [2.05, 4.69) is 187 Å². The molecule has 0 saturated heterocycles. The van der Waals surface area contributed by atoms with E-state index in [-0.39, 0.29) is 0 Å². The lowest BCUT2D eigenvalue weighted by Gasteiger charge is -2.28. The van der Waals surface area contributed by atoms with Gasteiger partial charge in [-0.15, -0.1) is 0 Å². The predicted octanol–water partition coefficient (Wildman–Crippen LogP) is 13.8. The van der Waals surface area contributed by atoms with E-state index in [1.807, 2.05) is 6.07 Å². The maximum absolute atomic E-state index is 6.42. The summed E-state index contributed by atoms with van der Waals surface area (Å²) in [6.45, 7) is 0. The number of hydrogen-bond acceptors (Lipinski definition) is 2. The van der Waals surface area contributed by atoms with Crippen molar-refractivity contribution in [2.24, 2.45) is 0 Å². The van der Waals surface area contributed by atoms with Gasteiger partial charge in [0.25, 0.3) is 0 Å². The first-order valence-corrected chi connectivity index (χ1v) is 17.1. The van der Waals surface area contributed by atoms with Crippen LogP contribution in [-0.2, 0) is 0 Å². The maximum Gasteiger partial charge on any atom is 0.136 e. The highest BCUT2D eigenvalue weighted by Crippen LogP contribution is 2.48. The van der Waals surface area contributed by atoms with Crippen molar-refractivity contribution < 1.29 is 4.42 Å². The Kier molecular flexibility index (Phi) is 6.53. The predicted molar refractivity (Wildman–Crippen MR) is 212 cm³/mol. The maximum atomic E-state index is 6.42. The number of anilines is 3. The molecule has 9 aromatic carbocycles. The largest absolute Gasteiger partial charge is 0.456 e. The summed E-state index contributed by atoms with van der Waals surface area (Å²) in [7, 11) is 0. The van der Waals surface area contributed by atoms with Gasteiger partial charge in [0.15, 0.2) is 0 Å². The van der Waals surface area contributed by atoms with Crippen molar-refractivity contribution in [3.63, 3.8) is 0 Å². The molecule has 2 nitrogen and oxygen atoms in total. The molecule has 0 aliphatic heterocycles. The number of furan rings is 1. The minimum atomic E-state index is 0.908. The topological polar surface area (TPSA) is 16.4 Å². The van der Waals surface area contributed by atoms with Gasteiger partial charge in [0.05, 0.1) is 5.69 Å². The number of hydrogen-bond donors (Lipinski definition) is 0. The van der Waals surface area contributed by atoms with Gasteiger partial charge in [-0.25, -0.2) is 0 Å². The first-order chi connectivity index (χ1) is 24.8. The van der Waals surface area contributed by atoms with Gasteiger partial charge in [-0.2, -0.15) is 0 Å². The van der Waals surface area contributed by atoms with Gasteiger partial charge < -0.3 is 9.32 Å². The lowest BCUT2D eigenvalue weighted by Crippen LogP contribution is -2.10. The number of benzene rings is 9. The highest BCUT2D eigenvalue weighted by molar-refractivity contribution is 6.36. The minimum absolute atomic E-state index is 0.908. The van der Waals surface area contributed by atoms with Gasteiger partial charge in [-0.1, -0.05) is 140 Å². The van der Waals surface area contributed by atoms with E-state index < -0.39 is 0 Å². The molecule has 0 bridgehead atoms. The lowest BCUT2D eigenvalue weighted by molar-refractivity contribution is 0.669. The molecule has 1 heterocycles.